The van der Waals surface area contributed by atoms with Crippen LogP contribution in [0.2, 0.25) is 10.0 Å². The SMILES string of the molecule is CO.CO.Nc1nnc(-c2cccc(Cl)c2Cl)c(N)[nH+]1.O=C([O-])c1cccnc1. The highest BCUT2D eigenvalue weighted by Crippen LogP contribution is 2.33. The summed E-state index contributed by atoms with van der Waals surface area (Å²) in [5, 5.41) is 32.4. The van der Waals surface area contributed by atoms with Gasteiger partial charge >= 0.3 is 5.95 Å². The minimum Gasteiger partial charge on any atom is -0.545 e. The van der Waals surface area contributed by atoms with Crippen LogP contribution in [0.1, 0.15) is 10.4 Å². The normalized spacial score (nSPS) is 8.90. The number of nitrogen functional groups attached to an aromatic ring is 2. The summed E-state index contributed by atoms with van der Waals surface area (Å²) in [5.74, 6) is -0.765. The van der Waals surface area contributed by atoms with Crippen molar-refractivity contribution >= 4 is 40.9 Å². The number of hydrogen-bond donors (Lipinski definition) is 4. The van der Waals surface area contributed by atoms with E-state index in [1.807, 2.05) is 0 Å². The number of H-pyrrole nitrogens is 1. The van der Waals surface area contributed by atoms with Gasteiger partial charge in [-0.25, -0.2) is 4.98 Å². The summed E-state index contributed by atoms with van der Waals surface area (Å²) in [6.45, 7) is 0. The minimum atomic E-state index is -1.19. The van der Waals surface area contributed by atoms with E-state index in [2.05, 4.69) is 20.2 Å². The number of nitrogens with one attached hydrogen (secondary N) is 1. The number of aliphatic hydroxyl groups excluding tert-OH is 2. The van der Waals surface area contributed by atoms with Crippen molar-refractivity contribution < 1.29 is 25.1 Å². The third-order valence-corrected chi connectivity index (χ3v) is 3.70. The topological polar surface area (TPSA) is 185 Å². The van der Waals surface area contributed by atoms with Gasteiger partial charge in [-0.3, -0.25) is 4.98 Å². The van der Waals surface area contributed by atoms with Gasteiger partial charge in [0.15, 0.2) is 5.69 Å². The fourth-order valence-corrected chi connectivity index (χ4v) is 2.14. The first-order valence-corrected chi connectivity index (χ1v) is 8.42. The first kappa shape index (κ1) is 26.0. The van der Waals surface area contributed by atoms with Crippen molar-refractivity contribution in [3.8, 4) is 11.3 Å². The molecular formula is C17H20Cl2N6O4. The Balaban J connectivity index is 0.000000513. The number of rotatable bonds is 2. The second kappa shape index (κ2) is 14.0. The molecule has 0 unspecified atom stereocenters. The number of halogens is 2. The van der Waals surface area contributed by atoms with Gasteiger partial charge in [-0.15, -0.1) is 0 Å². The lowest BCUT2D eigenvalue weighted by Gasteiger charge is -2.04. The molecule has 156 valence electrons. The Kier molecular flexibility index (Phi) is 12.5. The molecule has 0 saturated heterocycles. The van der Waals surface area contributed by atoms with E-state index in [1.165, 1.54) is 18.5 Å². The van der Waals surface area contributed by atoms with Gasteiger partial charge in [-0.2, -0.15) is 0 Å². The van der Waals surface area contributed by atoms with E-state index in [9.17, 15) is 9.90 Å². The molecule has 0 amide bonds. The van der Waals surface area contributed by atoms with Crippen LogP contribution < -0.4 is 21.6 Å². The highest BCUT2D eigenvalue weighted by atomic mass is 35.5. The van der Waals surface area contributed by atoms with Crippen LogP contribution in [-0.4, -0.2) is 45.6 Å². The fraction of sp³-hybridized carbons (Fsp3) is 0.118. The van der Waals surface area contributed by atoms with Crippen LogP contribution in [0.15, 0.2) is 42.7 Å². The van der Waals surface area contributed by atoms with Crippen LogP contribution in [0.25, 0.3) is 11.3 Å². The zero-order chi connectivity index (χ0) is 22.4. The molecule has 0 bridgehead atoms. The fourth-order valence-electron chi connectivity index (χ4n) is 1.75. The molecule has 0 aliphatic rings. The summed E-state index contributed by atoms with van der Waals surface area (Å²) >= 11 is 11.9. The van der Waals surface area contributed by atoms with E-state index in [1.54, 1.807) is 24.3 Å². The maximum absolute atomic E-state index is 10.0. The second-order valence-electron chi connectivity index (χ2n) is 4.60. The van der Waals surface area contributed by atoms with E-state index in [0.29, 0.717) is 21.3 Å². The Labute approximate surface area is 176 Å². The van der Waals surface area contributed by atoms with Crippen molar-refractivity contribution in [1.82, 2.24) is 15.2 Å². The monoisotopic (exact) mass is 442 g/mol. The molecule has 0 spiro atoms. The summed E-state index contributed by atoms with van der Waals surface area (Å²) in [4.78, 5) is 16.3. The zero-order valence-electron chi connectivity index (χ0n) is 15.5. The number of carboxylic acids is 1. The number of aromatic nitrogens is 4. The van der Waals surface area contributed by atoms with Crippen LogP contribution in [-0.2, 0) is 0 Å². The molecule has 2 aromatic heterocycles. The molecule has 3 rings (SSSR count). The smallest absolute Gasteiger partial charge is 0.364 e. The highest BCUT2D eigenvalue weighted by Gasteiger charge is 2.15. The summed E-state index contributed by atoms with van der Waals surface area (Å²) in [6.07, 6.45) is 2.75. The molecular weight excluding hydrogens is 423 g/mol. The maximum Gasteiger partial charge on any atom is 0.364 e. The van der Waals surface area contributed by atoms with Gasteiger partial charge in [0.2, 0.25) is 5.82 Å². The number of benzene rings is 1. The number of hydrogen-bond acceptors (Lipinski definition) is 9. The number of nitrogens with two attached hydrogens (primary N) is 2. The molecule has 0 radical (unpaired) electrons. The lowest BCUT2D eigenvalue weighted by molar-refractivity contribution is -0.347. The van der Waals surface area contributed by atoms with Gasteiger partial charge in [0.25, 0.3) is 0 Å². The molecule has 0 atom stereocenters. The van der Waals surface area contributed by atoms with Crippen LogP contribution in [0.4, 0.5) is 11.8 Å². The number of anilines is 2. The van der Waals surface area contributed by atoms with Gasteiger partial charge in [0.1, 0.15) is 0 Å². The minimum absolute atomic E-state index is 0.109. The van der Waals surface area contributed by atoms with Crippen molar-refractivity contribution in [2.24, 2.45) is 0 Å². The molecule has 0 fully saturated rings. The van der Waals surface area contributed by atoms with Crippen molar-refractivity contribution in [2.45, 2.75) is 0 Å². The average molecular weight is 443 g/mol. The summed E-state index contributed by atoms with van der Waals surface area (Å²) < 4.78 is 0. The lowest BCUT2D eigenvalue weighted by atomic mass is 10.1. The standard InChI is InChI=1S/C9H7Cl2N5.C6H5NO2.2CH4O/c10-5-3-1-2-4(6(5)11)7-8(12)14-9(13)16-15-7;8-6(9)5-2-1-3-7-4-5;2*1-2/h1-3H,(H4,12,13,14,16);1-4H,(H,8,9);2*2H,1H3. The van der Waals surface area contributed by atoms with Crippen LogP contribution in [0.5, 0.6) is 0 Å². The number of carbonyl (C=O) groups is 1. The predicted octanol–water partition coefficient (Wildman–Crippen LogP) is 0.0910. The summed E-state index contributed by atoms with van der Waals surface area (Å²) in [7, 11) is 2.00. The number of aliphatic hydroxyl groups is 2. The Hall–Kier alpha value is -3.05. The lowest BCUT2D eigenvalue weighted by Crippen LogP contribution is -2.22. The van der Waals surface area contributed by atoms with Crippen LogP contribution >= 0.6 is 23.2 Å². The van der Waals surface area contributed by atoms with Gasteiger partial charge < -0.3 is 31.6 Å². The zero-order valence-corrected chi connectivity index (χ0v) is 17.0. The maximum atomic E-state index is 10.0. The van der Waals surface area contributed by atoms with Crippen molar-refractivity contribution in [2.75, 3.05) is 25.7 Å². The Morgan fingerprint density at radius 3 is 2.21 bits per heavy atom. The number of carbonyl (C=O) groups excluding carboxylic acids is 1. The molecule has 29 heavy (non-hydrogen) atoms. The molecule has 0 saturated carbocycles. The van der Waals surface area contributed by atoms with E-state index < -0.39 is 5.97 Å². The molecule has 3 aromatic rings. The third kappa shape index (κ3) is 8.23. The summed E-state index contributed by atoms with van der Waals surface area (Å²) in [5.41, 5.74) is 12.3. The number of carboxylic acid groups (broad SMARTS) is 1. The van der Waals surface area contributed by atoms with E-state index in [-0.39, 0.29) is 17.3 Å². The van der Waals surface area contributed by atoms with Crippen molar-refractivity contribution in [1.29, 1.82) is 0 Å². The van der Waals surface area contributed by atoms with Crippen molar-refractivity contribution in [3.63, 3.8) is 0 Å². The molecule has 2 heterocycles. The second-order valence-corrected chi connectivity index (χ2v) is 5.39. The predicted molar refractivity (Wildman–Crippen MR) is 108 cm³/mol. The van der Waals surface area contributed by atoms with Crippen LogP contribution in [0, 0.1) is 0 Å². The quantitative estimate of drug-likeness (QED) is 0.426. The van der Waals surface area contributed by atoms with Crippen LogP contribution in [0.3, 0.4) is 0 Å². The van der Waals surface area contributed by atoms with Gasteiger partial charge in [0, 0.05) is 42.8 Å². The Bertz CT molecular complexity index is 900. The summed E-state index contributed by atoms with van der Waals surface area (Å²) in [6, 6.07) is 8.16. The largest absolute Gasteiger partial charge is 0.545 e. The third-order valence-electron chi connectivity index (χ3n) is 2.88. The Morgan fingerprint density at radius 1 is 1.07 bits per heavy atom. The van der Waals surface area contributed by atoms with Crippen molar-refractivity contribution in [3.05, 3.63) is 58.3 Å². The molecule has 1 aromatic carbocycles. The van der Waals surface area contributed by atoms with E-state index >= 15 is 0 Å². The number of pyridine rings is 1. The molecule has 12 heteroatoms. The number of nitrogens with zero attached hydrogens (tertiary/aromatic N) is 3. The van der Waals surface area contributed by atoms with Gasteiger partial charge in [-0.05, 0) is 12.1 Å². The first-order valence-electron chi connectivity index (χ1n) is 7.66. The van der Waals surface area contributed by atoms with Gasteiger partial charge in [0.05, 0.1) is 16.0 Å². The molecule has 0 aliphatic carbocycles. The Morgan fingerprint density at radius 2 is 1.72 bits per heavy atom. The number of aromatic amines is 1. The number of aromatic carboxylic acids is 1. The van der Waals surface area contributed by atoms with E-state index in [4.69, 9.17) is 44.9 Å². The van der Waals surface area contributed by atoms with E-state index in [0.717, 1.165) is 14.2 Å². The first-order chi connectivity index (χ1) is 13.9. The van der Waals surface area contributed by atoms with Gasteiger partial charge in [-0.1, -0.05) is 46.5 Å². The average Bonchev–Trinajstić information content (AvgIpc) is 2.75. The molecule has 10 nitrogen and oxygen atoms in total. The molecule has 7 N–H and O–H groups in total. The molecule has 0 aliphatic heterocycles. The highest BCUT2D eigenvalue weighted by molar-refractivity contribution is 6.43.